The number of piperidine rings is 1. The van der Waals surface area contributed by atoms with Gasteiger partial charge >= 0.3 is 6.09 Å². The monoisotopic (exact) mass is 450 g/mol. The molecule has 1 amide bonds. The maximum absolute atomic E-state index is 11.9. The number of amides is 1. The minimum Gasteiger partial charge on any atom is -0.490 e. The normalized spacial score (nSPS) is 24.1. The molecule has 32 heavy (non-hydrogen) atoms. The molecule has 0 radical (unpaired) electrons. The number of carbonyl (C=O) groups is 1. The van der Waals surface area contributed by atoms with Crippen molar-refractivity contribution in [3.63, 3.8) is 0 Å². The van der Waals surface area contributed by atoms with E-state index in [9.17, 15) is 15.0 Å². The summed E-state index contributed by atoms with van der Waals surface area (Å²) in [5.74, 6) is 0.775. The Bertz CT molecular complexity index is 793. The molecule has 3 rings (SSSR count). The fourth-order valence-corrected chi connectivity index (χ4v) is 4.48. The lowest BCUT2D eigenvalue weighted by atomic mass is 9.90. The lowest BCUT2D eigenvalue weighted by Crippen LogP contribution is -2.55. The first kappa shape index (κ1) is 24.8. The third-order valence-electron chi connectivity index (χ3n) is 6.44. The van der Waals surface area contributed by atoms with E-state index in [0.29, 0.717) is 58.8 Å². The largest absolute Gasteiger partial charge is 0.490 e. The molecule has 0 aromatic heterocycles. The molecule has 2 heterocycles. The Morgan fingerprint density at radius 2 is 1.84 bits per heavy atom. The first-order valence-electron chi connectivity index (χ1n) is 11.5. The summed E-state index contributed by atoms with van der Waals surface area (Å²) in [5, 5.41) is 22.4. The Kier molecular flexibility index (Phi) is 8.03. The first-order chi connectivity index (χ1) is 15.1. The summed E-state index contributed by atoms with van der Waals surface area (Å²) < 4.78 is 16.8. The molecule has 1 aromatic rings. The van der Waals surface area contributed by atoms with Crippen molar-refractivity contribution in [2.45, 2.75) is 51.7 Å². The topological polar surface area (TPSA) is 91.7 Å². The number of aryl methyl sites for hydroxylation is 2. The van der Waals surface area contributed by atoms with E-state index >= 15 is 0 Å². The van der Waals surface area contributed by atoms with Crippen molar-refractivity contribution in [3.05, 3.63) is 28.8 Å². The van der Waals surface area contributed by atoms with Crippen LogP contribution in [0.15, 0.2) is 12.1 Å². The van der Waals surface area contributed by atoms with E-state index in [1.54, 1.807) is 11.8 Å². The van der Waals surface area contributed by atoms with Gasteiger partial charge in [-0.15, -0.1) is 0 Å². The van der Waals surface area contributed by atoms with Crippen LogP contribution in [0.25, 0.3) is 0 Å². The molecule has 1 atom stereocenters. The number of likely N-dealkylation sites (tertiary alicyclic amines) is 1. The summed E-state index contributed by atoms with van der Waals surface area (Å²) in [7, 11) is 0. The van der Waals surface area contributed by atoms with Crippen LogP contribution < -0.4 is 4.74 Å². The van der Waals surface area contributed by atoms with E-state index in [2.05, 4.69) is 6.07 Å². The second-order valence-corrected chi connectivity index (χ2v) is 9.39. The maximum atomic E-state index is 11.9. The Hall–Kier alpha value is -1.87. The smallest absolute Gasteiger partial charge is 0.409 e. The molecule has 8 heteroatoms. The molecule has 2 N–H and O–H groups in total. The van der Waals surface area contributed by atoms with Crippen LogP contribution in [0.5, 0.6) is 5.75 Å². The minimum atomic E-state index is -1.18. The zero-order chi connectivity index (χ0) is 23.4. The van der Waals surface area contributed by atoms with Gasteiger partial charge in [0.15, 0.2) is 0 Å². The van der Waals surface area contributed by atoms with Crippen molar-refractivity contribution < 1.29 is 29.2 Å². The van der Waals surface area contributed by atoms with Crippen LogP contribution in [-0.2, 0) is 9.47 Å². The summed E-state index contributed by atoms with van der Waals surface area (Å²) >= 11 is 0. The van der Waals surface area contributed by atoms with Gasteiger partial charge in [0.1, 0.15) is 18.0 Å². The quantitative estimate of drug-likeness (QED) is 0.685. The summed E-state index contributed by atoms with van der Waals surface area (Å²) in [6.45, 7) is 11.3. The number of aliphatic hydroxyl groups is 2. The predicted octanol–water partition coefficient (Wildman–Crippen LogP) is 2.04. The number of benzene rings is 1. The molecule has 0 bridgehead atoms. The average molecular weight is 451 g/mol. The molecule has 0 spiro atoms. The number of ether oxygens (including phenoxy) is 3. The van der Waals surface area contributed by atoms with Gasteiger partial charge in [0.05, 0.1) is 25.4 Å². The SMILES string of the molecule is CCOC(=O)N1CCC(O)(CN2CCOC[C@@](O)(COc3cc(C)cc(C)c3C)C2)CC1. The van der Waals surface area contributed by atoms with E-state index in [0.717, 1.165) is 22.4 Å². The average Bonchev–Trinajstić information content (AvgIpc) is 2.91. The Labute approximate surface area is 191 Å². The van der Waals surface area contributed by atoms with Gasteiger partial charge in [-0.1, -0.05) is 6.07 Å². The van der Waals surface area contributed by atoms with Gasteiger partial charge in [0.25, 0.3) is 0 Å². The Balaban J connectivity index is 1.59. The van der Waals surface area contributed by atoms with E-state index in [4.69, 9.17) is 14.2 Å². The van der Waals surface area contributed by atoms with Gasteiger partial charge in [-0.3, -0.25) is 4.90 Å². The number of nitrogens with zero attached hydrogens (tertiary/aromatic N) is 2. The number of hydrogen-bond acceptors (Lipinski definition) is 7. The molecular formula is C24H38N2O6. The lowest BCUT2D eigenvalue weighted by molar-refractivity contribution is -0.0791. The van der Waals surface area contributed by atoms with Crippen molar-refractivity contribution in [1.29, 1.82) is 0 Å². The third kappa shape index (κ3) is 6.34. The molecule has 180 valence electrons. The first-order valence-corrected chi connectivity index (χ1v) is 11.5. The van der Waals surface area contributed by atoms with Crippen LogP contribution in [0.1, 0.15) is 36.5 Å². The van der Waals surface area contributed by atoms with Crippen LogP contribution >= 0.6 is 0 Å². The Morgan fingerprint density at radius 3 is 2.53 bits per heavy atom. The molecule has 0 unspecified atom stereocenters. The minimum absolute atomic E-state index is 0.113. The van der Waals surface area contributed by atoms with Gasteiger partial charge in [-0.25, -0.2) is 4.79 Å². The van der Waals surface area contributed by atoms with Crippen LogP contribution in [0.3, 0.4) is 0 Å². The van der Waals surface area contributed by atoms with Gasteiger partial charge < -0.3 is 29.3 Å². The third-order valence-corrected chi connectivity index (χ3v) is 6.44. The molecule has 0 saturated carbocycles. The number of carbonyl (C=O) groups excluding carboxylic acids is 1. The van der Waals surface area contributed by atoms with Gasteiger partial charge in [-0.2, -0.15) is 0 Å². The van der Waals surface area contributed by atoms with Gasteiger partial charge in [0.2, 0.25) is 0 Å². The zero-order valence-electron chi connectivity index (χ0n) is 19.9. The highest BCUT2D eigenvalue weighted by molar-refractivity contribution is 5.67. The van der Waals surface area contributed by atoms with Crippen LogP contribution in [0.4, 0.5) is 4.79 Å². The van der Waals surface area contributed by atoms with Crippen molar-refractivity contribution in [2.75, 3.05) is 59.2 Å². The summed E-state index contributed by atoms with van der Waals surface area (Å²) in [4.78, 5) is 15.6. The number of hydrogen-bond donors (Lipinski definition) is 2. The summed E-state index contributed by atoms with van der Waals surface area (Å²) in [5.41, 5.74) is 1.24. The molecule has 1 aromatic carbocycles. The molecule has 8 nitrogen and oxygen atoms in total. The lowest BCUT2D eigenvalue weighted by Gasteiger charge is -2.41. The maximum Gasteiger partial charge on any atom is 0.409 e. The fraction of sp³-hybridized carbons (Fsp3) is 0.708. The second-order valence-electron chi connectivity index (χ2n) is 9.39. The summed E-state index contributed by atoms with van der Waals surface area (Å²) in [6, 6.07) is 4.10. The van der Waals surface area contributed by atoms with E-state index in [1.807, 2.05) is 31.7 Å². The van der Waals surface area contributed by atoms with Crippen LogP contribution in [0.2, 0.25) is 0 Å². The number of β-amino-alcohol motifs (C(OH)–C–C–N with tert-alkyl or cyclic N) is 2. The van der Waals surface area contributed by atoms with Crippen molar-refractivity contribution in [1.82, 2.24) is 9.80 Å². The van der Waals surface area contributed by atoms with Crippen molar-refractivity contribution >= 4 is 6.09 Å². The zero-order valence-corrected chi connectivity index (χ0v) is 19.9. The van der Waals surface area contributed by atoms with E-state index in [-0.39, 0.29) is 19.3 Å². The van der Waals surface area contributed by atoms with Crippen LogP contribution in [-0.4, -0.2) is 96.5 Å². The van der Waals surface area contributed by atoms with Crippen molar-refractivity contribution in [2.24, 2.45) is 0 Å². The molecule has 2 saturated heterocycles. The molecule has 0 aliphatic carbocycles. The highest BCUT2D eigenvalue weighted by atomic mass is 16.6. The molecular weight excluding hydrogens is 412 g/mol. The summed E-state index contributed by atoms with van der Waals surface area (Å²) in [6.07, 6.45) is 0.616. The molecule has 2 aliphatic heterocycles. The second kappa shape index (κ2) is 10.4. The highest BCUT2D eigenvalue weighted by Gasteiger charge is 2.40. The Morgan fingerprint density at radius 1 is 1.12 bits per heavy atom. The van der Waals surface area contributed by atoms with Crippen LogP contribution in [0, 0.1) is 20.8 Å². The van der Waals surface area contributed by atoms with E-state index < -0.39 is 11.2 Å². The molecule has 2 aliphatic rings. The van der Waals surface area contributed by atoms with E-state index in [1.165, 1.54) is 0 Å². The molecule has 2 fully saturated rings. The standard InChI is InChI=1S/C24H38N2O6/c1-5-31-22(27)26-8-6-23(28,7-9-26)14-25-10-11-30-16-24(29,15-25)17-32-21-13-18(2)12-19(3)20(21)4/h12-13,28-29H,5-11,14-17H2,1-4H3/t24-/m1/s1. The van der Waals surface area contributed by atoms with Crippen molar-refractivity contribution in [3.8, 4) is 5.75 Å². The number of rotatable bonds is 6. The predicted molar refractivity (Wildman–Crippen MR) is 121 cm³/mol. The van der Waals surface area contributed by atoms with Gasteiger partial charge in [-0.05, 0) is 63.3 Å². The highest BCUT2D eigenvalue weighted by Crippen LogP contribution is 2.27. The fourth-order valence-electron chi connectivity index (χ4n) is 4.48. The van der Waals surface area contributed by atoms with Gasteiger partial charge in [0, 0.05) is 32.7 Å².